The summed E-state index contributed by atoms with van der Waals surface area (Å²) in [5, 5.41) is 7.44. The Morgan fingerprint density at radius 3 is 1.86 bits per heavy atom. The molecule has 3 rings (SSSR count). The van der Waals surface area contributed by atoms with Gasteiger partial charge in [-0.15, -0.1) is 0 Å². The van der Waals surface area contributed by atoms with Crippen LogP contribution in [-0.4, -0.2) is 12.5 Å². The van der Waals surface area contributed by atoms with E-state index in [1.165, 1.54) is 0 Å². The lowest BCUT2D eigenvalue weighted by Crippen LogP contribution is -2.30. The number of rotatable bonds is 7. The molecule has 0 atom stereocenters. The second-order valence-electron chi connectivity index (χ2n) is 6.68. The highest BCUT2D eigenvalue weighted by atomic mass is 31.2. The lowest BCUT2D eigenvalue weighted by Gasteiger charge is -2.22. The van der Waals surface area contributed by atoms with Gasteiger partial charge in [0.1, 0.15) is 5.31 Å². The van der Waals surface area contributed by atoms with Crippen LogP contribution in [0.3, 0.4) is 0 Å². The molecule has 0 aliphatic carbocycles. The average Bonchev–Trinajstić information content (AvgIpc) is 2.76. The van der Waals surface area contributed by atoms with Gasteiger partial charge < -0.3 is 15.2 Å². The molecule has 0 saturated heterocycles. The normalized spacial score (nSPS) is 11.7. The third kappa shape index (κ3) is 4.67. The van der Waals surface area contributed by atoms with Crippen LogP contribution in [0.4, 0.5) is 5.69 Å². The second-order valence-corrected chi connectivity index (χ2v) is 9.41. The number of benzene rings is 3. The minimum absolute atomic E-state index is 0.220. The van der Waals surface area contributed by atoms with Crippen molar-refractivity contribution < 1.29 is 9.36 Å². The summed E-state index contributed by atoms with van der Waals surface area (Å²) >= 11 is 0. The molecule has 0 heterocycles. The number of nitrogens with one attached hydrogen (secondary N) is 2. The van der Waals surface area contributed by atoms with Crippen LogP contribution in [0.2, 0.25) is 0 Å². The summed E-state index contributed by atoms with van der Waals surface area (Å²) < 4.78 is 14.5. The van der Waals surface area contributed by atoms with Crippen LogP contribution >= 0.6 is 7.14 Å². The van der Waals surface area contributed by atoms with Gasteiger partial charge in [-0.25, -0.2) is 0 Å². The van der Waals surface area contributed by atoms with Crippen molar-refractivity contribution in [1.29, 1.82) is 0 Å². The molecule has 0 aliphatic heterocycles. The van der Waals surface area contributed by atoms with Crippen molar-refractivity contribution in [3.8, 4) is 0 Å². The van der Waals surface area contributed by atoms with Gasteiger partial charge >= 0.3 is 0 Å². The molecule has 148 valence electrons. The third-order valence-electron chi connectivity index (χ3n) is 4.58. The summed E-state index contributed by atoms with van der Waals surface area (Å²) in [7, 11) is -3.38. The number of amides is 1. The first-order valence-corrected chi connectivity index (χ1v) is 11.3. The number of likely N-dealkylation sites (N-methyl/N-ethyl adjacent to an activating group) is 1. The summed E-state index contributed by atoms with van der Waals surface area (Å²) in [5.74, 6) is -0.344. The van der Waals surface area contributed by atoms with Gasteiger partial charge in [0.25, 0.3) is 5.91 Å². The fourth-order valence-electron chi connectivity index (χ4n) is 3.06. The fraction of sp³-hybridized carbons (Fsp3) is 0.125. The maximum absolute atomic E-state index is 14.5. The van der Waals surface area contributed by atoms with Gasteiger partial charge in [-0.05, 0) is 26.0 Å². The predicted octanol–water partition coefficient (Wildman–Crippen LogP) is 4.40. The van der Waals surface area contributed by atoms with E-state index in [1.54, 1.807) is 6.20 Å². The molecule has 0 spiro atoms. The Morgan fingerprint density at radius 1 is 0.862 bits per heavy atom. The van der Waals surface area contributed by atoms with E-state index in [0.29, 0.717) is 17.2 Å². The first-order chi connectivity index (χ1) is 14.1. The molecule has 3 aromatic rings. The molecule has 5 heteroatoms. The first kappa shape index (κ1) is 20.6. The summed E-state index contributed by atoms with van der Waals surface area (Å²) in [6.07, 6.45) is 1.58. The monoisotopic (exact) mass is 404 g/mol. The van der Waals surface area contributed by atoms with E-state index in [2.05, 4.69) is 10.6 Å². The van der Waals surface area contributed by atoms with Crippen LogP contribution < -0.4 is 21.2 Å². The Kier molecular flexibility index (Phi) is 6.69. The second kappa shape index (κ2) is 9.40. The molecular weight excluding hydrogens is 379 g/mol. The Labute approximate surface area is 172 Å². The van der Waals surface area contributed by atoms with Crippen LogP contribution in [-0.2, 0) is 9.36 Å². The number of anilines is 1. The van der Waals surface area contributed by atoms with Crippen molar-refractivity contribution in [1.82, 2.24) is 5.32 Å². The van der Waals surface area contributed by atoms with E-state index >= 15 is 0 Å². The van der Waals surface area contributed by atoms with Gasteiger partial charge in [0.15, 0.2) is 7.14 Å². The Hall–Kier alpha value is -3.10. The van der Waals surface area contributed by atoms with Gasteiger partial charge in [0.05, 0.1) is 0 Å². The highest BCUT2D eigenvalue weighted by Crippen LogP contribution is 2.51. The first-order valence-electron chi connectivity index (χ1n) is 9.59. The van der Waals surface area contributed by atoms with Gasteiger partial charge in [-0.3, -0.25) is 4.79 Å². The van der Waals surface area contributed by atoms with E-state index in [1.807, 2.05) is 98.8 Å². The van der Waals surface area contributed by atoms with Gasteiger partial charge in [-0.2, -0.15) is 0 Å². The number of aryl methyl sites for hydroxylation is 1. The summed E-state index contributed by atoms with van der Waals surface area (Å²) in [5.41, 5.74) is 1.97. The van der Waals surface area contributed by atoms with E-state index in [9.17, 15) is 9.36 Å². The number of carbonyl (C=O) groups is 1. The number of hydrogen-bond acceptors (Lipinski definition) is 3. The zero-order valence-electron chi connectivity index (χ0n) is 16.6. The van der Waals surface area contributed by atoms with Crippen molar-refractivity contribution >= 4 is 29.3 Å². The largest absolute Gasteiger partial charge is 0.361 e. The molecule has 0 aromatic heterocycles. The number of hydrogen-bond donors (Lipinski definition) is 2. The Balaban J connectivity index is 2.15. The molecule has 0 radical (unpaired) electrons. The quantitative estimate of drug-likeness (QED) is 0.453. The van der Waals surface area contributed by atoms with Crippen LogP contribution in [0.15, 0.2) is 96.4 Å². The van der Waals surface area contributed by atoms with E-state index in [4.69, 9.17) is 0 Å². The van der Waals surface area contributed by atoms with E-state index in [-0.39, 0.29) is 11.2 Å². The lowest BCUT2D eigenvalue weighted by molar-refractivity contribution is -0.116. The van der Waals surface area contributed by atoms with Crippen LogP contribution in [0, 0.1) is 6.92 Å². The minimum atomic E-state index is -3.38. The highest BCUT2D eigenvalue weighted by molar-refractivity contribution is 7.83. The molecule has 4 nitrogen and oxygen atoms in total. The van der Waals surface area contributed by atoms with Crippen molar-refractivity contribution in [2.75, 3.05) is 11.9 Å². The lowest BCUT2D eigenvalue weighted by atomic mass is 10.2. The zero-order valence-corrected chi connectivity index (χ0v) is 17.5. The molecule has 0 fully saturated rings. The maximum Gasteiger partial charge on any atom is 0.256 e. The topological polar surface area (TPSA) is 58.2 Å². The molecule has 2 N–H and O–H groups in total. The molecule has 0 aliphatic rings. The number of carbonyl (C=O) groups excluding carboxylic acids is 1. The van der Waals surface area contributed by atoms with Crippen LogP contribution in [0.25, 0.3) is 0 Å². The molecule has 0 unspecified atom stereocenters. The van der Waals surface area contributed by atoms with Crippen molar-refractivity contribution in [3.05, 3.63) is 102 Å². The predicted molar refractivity (Wildman–Crippen MR) is 121 cm³/mol. The molecule has 3 aromatic carbocycles. The molecule has 0 saturated carbocycles. The zero-order chi connectivity index (χ0) is 20.7. The minimum Gasteiger partial charge on any atom is -0.361 e. The van der Waals surface area contributed by atoms with Gasteiger partial charge in [0, 0.05) is 29.0 Å². The fourth-order valence-corrected chi connectivity index (χ4v) is 5.71. The Bertz CT molecular complexity index is 986. The average molecular weight is 404 g/mol. The molecule has 1 amide bonds. The third-order valence-corrected chi connectivity index (χ3v) is 7.64. The summed E-state index contributed by atoms with van der Waals surface area (Å²) in [6, 6.07) is 26.2. The Morgan fingerprint density at radius 2 is 1.38 bits per heavy atom. The highest BCUT2D eigenvalue weighted by Gasteiger charge is 2.36. The maximum atomic E-state index is 14.5. The molecular formula is C24H25N2O2P. The summed E-state index contributed by atoms with van der Waals surface area (Å²) in [6.45, 7) is 4.31. The molecule has 0 bridgehead atoms. The van der Waals surface area contributed by atoms with Crippen molar-refractivity contribution in [2.45, 2.75) is 13.8 Å². The van der Waals surface area contributed by atoms with Crippen molar-refractivity contribution in [3.63, 3.8) is 0 Å². The van der Waals surface area contributed by atoms with Gasteiger partial charge in [0.2, 0.25) is 0 Å². The SMILES string of the molecule is CCNC(=O)/C(=C\Nc1ccc(C)cc1)P(=O)(c1ccccc1)c1ccccc1. The standard InChI is InChI=1S/C24H25N2O2P/c1-3-25-24(27)23(18-26-20-16-14-19(2)15-17-20)29(28,21-10-6-4-7-11-21)22-12-8-5-9-13-22/h4-18,26H,3H2,1-2H3,(H,25,27)/b23-18+. The van der Waals surface area contributed by atoms with Crippen molar-refractivity contribution in [2.24, 2.45) is 0 Å². The van der Waals surface area contributed by atoms with Crippen LogP contribution in [0.1, 0.15) is 12.5 Å². The smallest absolute Gasteiger partial charge is 0.256 e. The van der Waals surface area contributed by atoms with Crippen LogP contribution in [0.5, 0.6) is 0 Å². The van der Waals surface area contributed by atoms with E-state index < -0.39 is 7.14 Å². The van der Waals surface area contributed by atoms with E-state index in [0.717, 1.165) is 11.3 Å². The summed E-state index contributed by atoms with van der Waals surface area (Å²) in [4.78, 5) is 13.0. The van der Waals surface area contributed by atoms with Gasteiger partial charge in [-0.1, -0.05) is 78.4 Å². The molecule has 29 heavy (non-hydrogen) atoms.